The van der Waals surface area contributed by atoms with Crippen molar-refractivity contribution in [1.82, 2.24) is 15.3 Å². The van der Waals surface area contributed by atoms with Gasteiger partial charge in [0.15, 0.2) is 0 Å². The van der Waals surface area contributed by atoms with Gasteiger partial charge in [0.2, 0.25) is 5.91 Å². The fourth-order valence-corrected chi connectivity index (χ4v) is 2.53. The molecule has 1 aromatic carbocycles. The van der Waals surface area contributed by atoms with Crippen molar-refractivity contribution < 1.29 is 4.79 Å². The summed E-state index contributed by atoms with van der Waals surface area (Å²) in [4.78, 5) is 18.8. The van der Waals surface area contributed by atoms with Crippen molar-refractivity contribution in [1.29, 1.82) is 0 Å². The van der Waals surface area contributed by atoms with Crippen LogP contribution in [0.25, 0.3) is 21.8 Å². The highest BCUT2D eigenvalue weighted by atomic mass is 16.1. The lowest BCUT2D eigenvalue weighted by Crippen LogP contribution is -2.17. The summed E-state index contributed by atoms with van der Waals surface area (Å²) in [5, 5.41) is 5.00. The molecule has 0 atom stereocenters. The molecule has 0 radical (unpaired) electrons. The van der Waals surface area contributed by atoms with E-state index in [1.807, 2.05) is 12.3 Å². The Morgan fingerprint density at radius 2 is 2.15 bits per heavy atom. The van der Waals surface area contributed by atoms with Crippen LogP contribution in [-0.4, -0.2) is 22.9 Å². The number of nitrogens with one attached hydrogen (secondary N) is 2. The maximum Gasteiger partial charge on any atom is 0.219 e. The second kappa shape index (κ2) is 5.33. The Hall–Kier alpha value is -2.36. The number of hydrogen-bond acceptors (Lipinski definition) is 2. The summed E-state index contributed by atoms with van der Waals surface area (Å²) in [5.41, 5.74) is 3.49. The SMILES string of the molecule is CNC(=O)CCCc1ccc2c(c1)[nH]c1ccncc12. The summed E-state index contributed by atoms with van der Waals surface area (Å²) in [5.74, 6) is 0.0998. The first kappa shape index (κ1) is 12.7. The lowest BCUT2D eigenvalue weighted by molar-refractivity contribution is -0.120. The number of aromatic nitrogens is 2. The van der Waals surface area contributed by atoms with Gasteiger partial charge in [-0.2, -0.15) is 0 Å². The second-order valence-electron chi connectivity index (χ2n) is 4.95. The molecule has 102 valence electrons. The van der Waals surface area contributed by atoms with Gasteiger partial charge in [0.05, 0.1) is 0 Å². The molecule has 4 heteroatoms. The standard InChI is InChI=1S/C16H17N3O/c1-17-16(20)4-2-3-11-5-6-12-13-10-18-8-7-14(13)19-15(12)9-11/h5-10,19H,2-4H2,1H3,(H,17,20). The molecule has 0 bridgehead atoms. The molecule has 2 heterocycles. The van der Waals surface area contributed by atoms with Crippen LogP contribution in [0.2, 0.25) is 0 Å². The van der Waals surface area contributed by atoms with E-state index in [1.165, 1.54) is 10.9 Å². The molecule has 0 spiro atoms. The molecule has 0 saturated heterocycles. The number of benzene rings is 1. The molecule has 20 heavy (non-hydrogen) atoms. The predicted octanol–water partition coefficient (Wildman–Crippen LogP) is 2.78. The molecular weight excluding hydrogens is 250 g/mol. The highest BCUT2D eigenvalue weighted by Gasteiger charge is 2.05. The highest BCUT2D eigenvalue weighted by molar-refractivity contribution is 6.06. The molecular formula is C16H17N3O. The molecule has 1 amide bonds. The monoisotopic (exact) mass is 267 g/mol. The van der Waals surface area contributed by atoms with Crippen molar-refractivity contribution in [3.8, 4) is 0 Å². The van der Waals surface area contributed by atoms with Crippen molar-refractivity contribution in [2.75, 3.05) is 7.05 Å². The molecule has 0 aliphatic carbocycles. The molecule has 0 aliphatic rings. The third-order valence-electron chi connectivity index (χ3n) is 3.61. The van der Waals surface area contributed by atoms with Gasteiger partial charge in [-0.05, 0) is 30.5 Å². The Bertz CT molecular complexity index is 761. The summed E-state index contributed by atoms with van der Waals surface area (Å²) in [6.07, 6.45) is 6.04. The van der Waals surface area contributed by atoms with Gasteiger partial charge in [-0.1, -0.05) is 12.1 Å². The highest BCUT2D eigenvalue weighted by Crippen LogP contribution is 2.25. The van der Waals surface area contributed by atoms with Crippen LogP contribution < -0.4 is 5.32 Å². The summed E-state index contributed by atoms with van der Waals surface area (Å²) >= 11 is 0. The Morgan fingerprint density at radius 3 is 3.00 bits per heavy atom. The minimum Gasteiger partial charge on any atom is -0.359 e. The smallest absolute Gasteiger partial charge is 0.219 e. The Morgan fingerprint density at radius 1 is 1.25 bits per heavy atom. The van der Waals surface area contributed by atoms with Gasteiger partial charge in [0.1, 0.15) is 0 Å². The summed E-state index contributed by atoms with van der Waals surface area (Å²) in [6, 6.07) is 8.41. The number of hydrogen-bond donors (Lipinski definition) is 2. The number of pyridine rings is 1. The molecule has 0 fully saturated rings. The number of nitrogens with zero attached hydrogens (tertiary/aromatic N) is 1. The van der Waals surface area contributed by atoms with Crippen molar-refractivity contribution in [3.05, 3.63) is 42.2 Å². The maximum absolute atomic E-state index is 11.2. The zero-order valence-corrected chi connectivity index (χ0v) is 11.4. The average Bonchev–Trinajstić information content (AvgIpc) is 2.84. The minimum atomic E-state index is 0.0998. The molecule has 2 N–H and O–H groups in total. The van der Waals surface area contributed by atoms with Crippen LogP contribution in [0.15, 0.2) is 36.7 Å². The van der Waals surface area contributed by atoms with Gasteiger partial charge in [-0.15, -0.1) is 0 Å². The number of carbonyl (C=O) groups is 1. The Labute approximate surface area is 117 Å². The molecule has 3 aromatic rings. The largest absolute Gasteiger partial charge is 0.359 e. The van der Waals surface area contributed by atoms with Gasteiger partial charge >= 0.3 is 0 Å². The summed E-state index contributed by atoms with van der Waals surface area (Å²) < 4.78 is 0. The molecule has 0 aliphatic heterocycles. The van der Waals surface area contributed by atoms with Crippen LogP contribution in [0, 0.1) is 0 Å². The van der Waals surface area contributed by atoms with Gasteiger partial charge < -0.3 is 10.3 Å². The zero-order valence-electron chi connectivity index (χ0n) is 11.4. The van der Waals surface area contributed by atoms with Crippen LogP contribution in [0.1, 0.15) is 18.4 Å². The van der Waals surface area contributed by atoms with Crippen LogP contribution >= 0.6 is 0 Å². The van der Waals surface area contributed by atoms with Gasteiger partial charge in [-0.3, -0.25) is 9.78 Å². The summed E-state index contributed by atoms with van der Waals surface area (Å²) in [6.45, 7) is 0. The number of fused-ring (bicyclic) bond motifs is 3. The van der Waals surface area contributed by atoms with E-state index >= 15 is 0 Å². The van der Waals surface area contributed by atoms with Gasteiger partial charge in [0, 0.05) is 47.7 Å². The average molecular weight is 267 g/mol. The lowest BCUT2D eigenvalue weighted by atomic mass is 10.1. The second-order valence-corrected chi connectivity index (χ2v) is 4.95. The minimum absolute atomic E-state index is 0.0998. The maximum atomic E-state index is 11.2. The number of carbonyl (C=O) groups excluding carboxylic acids is 1. The van der Waals surface area contributed by atoms with Gasteiger partial charge in [0.25, 0.3) is 0 Å². The molecule has 2 aromatic heterocycles. The number of amides is 1. The van der Waals surface area contributed by atoms with Crippen LogP contribution in [-0.2, 0) is 11.2 Å². The lowest BCUT2D eigenvalue weighted by Gasteiger charge is -2.02. The van der Waals surface area contributed by atoms with E-state index in [0.717, 1.165) is 29.3 Å². The van der Waals surface area contributed by atoms with Crippen LogP contribution in [0.4, 0.5) is 0 Å². The van der Waals surface area contributed by atoms with Crippen molar-refractivity contribution >= 4 is 27.7 Å². The topological polar surface area (TPSA) is 57.8 Å². The van der Waals surface area contributed by atoms with E-state index in [2.05, 4.69) is 33.5 Å². The van der Waals surface area contributed by atoms with E-state index in [0.29, 0.717) is 6.42 Å². The van der Waals surface area contributed by atoms with E-state index in [-0.39, 0.29) is 5.91 Å². The molecule has 0 saturated carbocycles. The third-order valence-corrected chi connectivity index (χ3v) is 3.61. The number of aryl methyl sites for hydroxylation is 1. The van der Waals surface area contributed by atoms with Crippen LogP contribution in [0.5, 0.6) is 0 Å². The molecule has 4 nitrogen and oxygen atoms in total. The third kappa shape index (κ3) is 2.37. The Balaban J connectivity index is 1.84. The first-order chi connectivity index (χ1) is 9.78. The van der Waals surface area contributed by atoms with Gasteiger partial charge in [-0.25, -0.2) is 0 Å². The predicted molar refractivity (Wildman–Crippen MR) is 80.6 cm³/mol. The number of rotatable bonds is 4. The normalized spacial score (nSPS) is 11.1. The van der Waals surface area contributed by atoms with Crippen molar-refractivity contribution in [2.45, 2.75) is 19.3 Å². The zero-order chi connectivity index (χ0) is 13.9. The Kier molecular flexibility index (Phi) is 3.37. The van der Waals surface area contributed by atoms with Crippen molar-refractivity contribution in [3.63, 3.8) is 0 Å². The van der Waals surface area contributed by atoms with Crippen molar-refractivity contribution in [2.24, 2.45) is 0 Å². The van der Waals surface area contributed by atoms with E-state index in [1.54, 1.807) is 13.2 Å². The molecule has 3 rings (SSSR count). The number of H-pyrrole nitrogens is 1. The van der Waals surface area contributed by atoms with E-state index < -0.39 is 0 Å². The fraction of sp³-hybridized carbons (Fsp3) is 0.250. The van der Waals surface area contributed by atoms with E-state index in [9.17, 15) is 4.79 Å². The quantitative estimate of drug-likeness (QED) is 0.763. The first-order valence-corrected chi connectivity index (χ1v) is 6.83. The van der Waals surface area contributed by atoms with Crippen LogP contribution in [0.3, 0.4) is 0 Å². The molecule has 0 unspecified atom stereocenters. The number of aromatic amines is 1. The van der Waals surface area contributed by atoms with E-state index in [4.69, 9.17) is 0 Å². The fourth-order valence-electron chi connectivity index (χ4n) is 2.53. The first-order valence-electron chi connectivity index (χ1n) is 6.83. The summed E-state index contributed by atoms with van der Waals surface area (Å²) in [7, 11) is 1.67.